The summed E-state index contributed by atoms with van der Waals surface area (Å²) in [5.41, 5.74) is -3.35. The van der Waals surface area contributed by atoms with Gasteiger partial charge in [0.1, 0.15) is 17.4 Å². The first-order chi connectivity index (χ1) is 14.2. The second-order valence-electron chi connectivity index (χ2n) is 6.56. The lowest BCUT2D eigenvalue weighted by atomic mass is 9.82. The van der Waals surface area contributed by atoms with Crippen molar-refractivity contribution in [2.75, 3.05) is 6.61 Å². The zero-order chi connectivity index (χ0) is 21.9. The van der Waals surface area contributed by atoms with Crippen LogP contribution in [0.3, 0.4) is 0 Å². The Labute approximate surface area is 176 Å². The highest BCUT2D eigenvalue weighted by Crippen LogP contribution is 2.43. The minimum Gasteiger partial charge on any atom is -0.466 e. The van der Waals surface area contributed by atoms with Crippen molar-refractivity contribution >= 4 is 23.3 Å². The van der Waals surface area contributed by atoms with Crippen molar-refractivity contribution in [2.24, 2.45) is 5.92 Å². The van der Waals surface area contributed by atoms with Crippen LogP contribution in [0.1, 0.15) is 18.5 Å². The molecule has 3 atom stereocenters. The number of esters is 1. The molecule has 0 aromatic heterocycles. The highest BCUT2D eigenvalue weighted by molar-refractivity contribution is 7.80. The number of para-hydroxylation sites is 1. The van der Waals surface area contributed by atoms with E-state index >= 15 is 0 Å². The van der Waals surface area contributed by atoms with Crippen molar-refractivity contribution in [1.82, 2.24) is 10.6 Å². The van der Waals surface area contributed by atoms with E-state index in [0.717, 1.165) is 0 Å². The van der Waals surface area contributed by atoms with E-state index in [1.165, 1.54) is 19.1 Å². The zero-order valence-electron chi connectivity index (χ0n) is 15.8. The fourth-order valence-electron chi connectivity index (χ4n) is 3.21. The average Bonchev–Trinajstić information content (AvgIpc) is 2.67. The van der Waals surface area contributed by atoms with Gasteiger partial charge in [0, 0.05) is 0 Å². The van der Waals surface area contributed by atoms with E-state index in [1.54, 1.807) is 41.7 Å². The minimum absolute atomic E-state index is 0.155. The van der Waals surface area contributed by atoms with E-state index in [1.807, 2.05) is 6.07 Å². The van der Waals surface area contributed by atoms with Gasteiger partial charge in [-0.1, -0.05) is 30.3 Å². The van der Waals surface area contributed by atoms with E-state index in [2.05, 4.69) is 5.32 Å². The smallest absolute Gasteiger partial charge is 0.437 e. The van der Waals surface area contributed by atoms with Gasteiger partial charge in [0.2, 0.25) is 0 Å². The summed E-state index contributed by atoms with van der Waals surface area (Å²) in [5, 5.41) is 14.5. The van der Waals surface area contributed by atoms with Crippen molar-refractivity contribution in [3.05, 3.63) is 60.2 Å². The Bertz CT molecular complexity index is 926. The summed E-state index contributed by atoms with van der Waals surface area (Å²) >= 11 is 4.88. The van der Waals surface area contributed by atoms with Crippen LogP contribution < -0.4 is 15.4 Å². The third-order valence-electron chi connectivity index (χ3n) is 4.54. The lowest BCUT2D eigenvalue weighted by molar-refractivity contribution is -0.292. The number of halogens is 3. The molecule has 1 fully saturated rings. The Balaban J connectivity index is 2.02. The van der Waals surface area contributed by atoms with Crippen LogP contribution in [-0.4, -0.2) is 34.7 Å². The van der Waals surface area contributed by atoms with Gasteiger partial charge in [0.25, 0.3) is 5.72 Å². The summed E-state index contributed by atoms with van der Waals surface area (Å²) in [5.74, 6) is -2.42. The van der Waals surface area contributed by atoms with Gasteiger partial charge >= 0.3 is 12.1 Å². The first-order valence-corrected chi connectivity index (χ1v) is 9.44. The Kier molecular flexibility index (Phi) is 6.18. The topological polar surface area (TPSA) is 79.8 Å². The number of rotatable bonds is 5. The second kappa shape index (κ2) is 8.49. The van der Waals surface area contributed by atoms with Crippen LogP contribution in [-0.2, 0) is 9.53 Å². The second-order valence-corrected chi connectivity index (χ2v) is 6.97. The number of alkyl halides is 3. The first kappa shape index (κ1) is 21.8. The lowest BCUT2D eigenvalue weighted by Crippen LogP contribution is -2.73. The van der Waals surface area contributed by atoms with E-state index < -0.39 is 34.9 Å². The van der Waals surface area contributed by atoms with Crippen LogP contribution in [0.5, 0.6) is 11.5 Å². The molecule has 160 valence electrons. The maximum Gasteiger partial charge on any atom is 0.437 e. The zero-order valence-corrected chi connectivity index (χ0v) is 16.6. The van der Waals surface area contributed by atoms with Gasteiger partial charge in [-0.25, -0.2) is 0 Å². The Hall–Kier alpha value is -2.85. The number of ether oxygens (including phenoxy) is 2. The molecule has 0 amide bonds. The van der Waals surface area contributed by atoms with Crippen LogP contribution >= 0.6 is 12.2 Å². The number of nitrogens with one attached hydrogen (secondary N) is 2. The molecule has 2 aromatic rings. The first-order valence-electron chi connectivity index (χ1n) is 9.03. The number of hydrogen-bond acceptors (Lipinski definition) is 5. The quantitative estimate of drug-likeness (QED) is 0.486. The largest absolute Gasteiger partial charge is 0.466 e. The molecule has 6 nitrogen and oxygen atoms in total. The van der Waals surface area contributed by atoms with Crippen molar-refractivity contribution in [2.45, 2.75) is 24.9 Å². The standard InChI is InChI=1S/C20H19F3N2O4S/c1-2-28-17(26)15-16(24-18(30)25-19(15,27)20(21,22)23)12-7-6-10-14(11-12)29-13-8-4-3-5-9-13/h3-11,15-16,27H,2H2,1H3,(H2,24,25,30)/t15-,16+,19-/m1/s1. The van der Waals surface area contributed by atoms with Crippen molar-refractivity contribution in [3.63, 3.8) is 0 Å². The van der Waals surface area contributed by atoms with Gasteiger partial charge in [-0.2, -0.15) is 13.2 Å². The Morgan fingerprint density at radius 3 is 2.47 bits per heavy atom. The van der Waals surface area contributed by atoms with E-state index in [9.17, 15) is 23.1 Å². The van der Waals surface area contributed by atoms with Gasteiger partial charge in [0.15, 0.2) is 5.11 Å². The summed E-state index contributed by atoms with van der Waals surface area (Å²) in [6.07, 6.45) is -5.20. The molecule has 0 saturated carbocycles. The summed E-state index contributed by atoms with van der Waals surface area (Å²) in [6, 6.07) is 13.6. The monoisotopic (exact) mass is 440 g/mol. The fourth-order valence-corrected chi connectivity index (χ4v) is 3.49. The van der Waals surface area contributed by atoms with Gasteiger partial charge < -0.3 is 25.2 Å². The molecule has 0 unspecified atom stereocenters. The number of aliphatic hydroxyl groups is 1. The predicted molar refractivity (Wildman–Crippen MR) is 106 cm³/mol. The van der Waals surface area contributed by atoms with Gasteiger partial charge in [-0.05, 0) is 49.0 Å². The Morgan fingerprint density at radius 1 is 1.17 bits per heavy atom. The fraction of sp³-hybridized carbons (Fsp3) is 0.300. The molecule has 1 aliphatic heterocycles. The molecule has 0 aliphatic carbocycles. The number of carbonyl (C=O) groups is 1. The summed E-state index contributed by atoms with van der Waals surface area (Å²) in [6.45, 7) is 1.31. The highest BCUT2D eigenvalue weighted by atomic mass is 32.1. The van der Waals surface area contributed by atoms with Gasteiger partial charge in [-0.3, -0.25) is 4.79 Å². The number of thiocarbonyl (C=S) groups is 1. The van der Waals surface area contributed by atoms with Crippen molar-refractivity contribution in [3.8, 4) is 11.5 Å². The lowest BCUT2D eigenvalue weighted by Gasteiger charge is -2.45. The van der Waals surface area contributed by atoms with E-state index in [4.69, 9.17) is 21.7 Å². The summed E-state index contributed by atoms with van der Waals surface area (Å²) < 4.78 is 51.9. The molecule has 30 heavy (non-hydrogen) atoms. The molecule has 1 aliphatic rings. The summed E-state index contributed by atoms with van der Waals surface area (Å²) in [4.78, 5) is 12.5. The van der Waals surface area contributed by atoms with Gasteiger partial charge in [0.05, 0.1) is 12.6 Å². The number of carbonyl (C=O) groups excluding carboxylic acids is 1. The molecular weight excluding hydrogens is 421 g/mol. The number of hydrogen-bond donors (Lipinski definition) is 3. The van der Waals surface area contributed by atoms with Crippen LogP contribution in [0.4, 0.5) is 13.2 Å². The molecule has 3 rings (SSSR count). The molecule has 10 heteroatoms. The molecule has 1 saturated heterocycles. The van der Waals surface area contributed by atoms with Crippen LogP contribution in [0.15, 0.2) is 54.6 Å². The third-order valence-corrected chi connectivity index (χ3v) is 4.76. The molecule has 1 heterocycles. The van der Waals surface area contributed by atoms with Gasteiger partial charge in [-0.15, -0.1) is 0 Å². The molecule has 0 radical (unpaired) electrons. The maximum atomic E-state index is 13.8. The number of benzene rings is 2. The van der Waals surface area contributed by atoms with Crippen molar-refractivity contribution < 1.29 is 32.5 Å². The normalized spacial score (nSPS) is 23.8. The molecule has 2 aromatic carbocycles. The maximum absolute atomic E-state index is 13.8. The van der Waals surface area contributed by atoms with E-state index in [-0.39, 0.29) is 12.2 Å². The van der Waals surface area contributed by atoms with E-state index in [0.29, 0.717) is 11.5 Å². The van der Waals surface area contributed by atoms with Crippen LogP contribution in [0, 0.1) is 5.92 Å². The molecule has 3 N–H and O–H groups in total. The molecular formula is C20H19F3N2O4S. The predicted octanol–water partition coefficient (Wildman–Crippen LogP) is 3.43. The third kappa shape index (κ3) is 4.34. The molecule has 0 spiro atoms. The highest BCUT2D eigenvalue weighted by Gasteiger charge is 2.66. The molecule has 0 bridgehead atoms. The summed E-state index contributed by atoms with van der Waals surface area (Å²) in [7, 11) is 0. The SMILES string of the molecule is CCOC(=O)[C@H]1[C@H](c2cccc(Oc3ccccc3)c2)NC(=S)N[C@]1(O)C(F)(F)F. The minimum atomic E-state index is -5.20. The van der Waals surface area contributed by atoms with Crippen LogP contribution in [0.2, 0.25) is 0 Å². The van der Waals surface area contributed by atoms with Crippen molar-refractivity contribution in [1.29, 1.82) is 0 Å². The Morgan fingerprint density at radius 2 is 1.83 bits per heavy atom. The van der Waals surface area contributed by atoms with Crippen LogP contribution in [0.25, 0.3) is 0 Å². The average molecular weight is 440 g/mol.